The number of benzene rings is 8. The summed E-state index contributed by atoms with van der Waals surface area (Å²) in [6.45, 7) is 10.9. The third kappa shape index (κ3) is 10.6. The second-order valence-corrected chi connectivity index (χ2v) is 22.6. The molecule has 0 saturated heterocycles. The predicted octanol–water partition coefficient (Wildman–Crippen LogP) is 12.4. The third-order valence-electron chi connectivity index (χ3n) is 14.4. The van der Waals surface area contributed by atoms with Crippen LogP contribution in [0.4, 0.5) is 0 Å². The van der Waals surface area contributed by atoms with E-state index in [0.717, 1.165) is 69.0 Å². The Morgan fingerprint density at radius 1 is 0.553 bits per heavy atom. The molecule has 2 aromatic heterocycles. The number of aryl methyl sites for hydroxylation is 3. The Hall–Kier alpha value is -8.34. The maximum atomic E-state index is 6.56. The van der Waals surface area contributed by atoms with Gasteiger partial charge in [-0.15, -0.1) is 0 Å². The SMILES string of the molecule is Cc1cc(C2=CC=C(C(C)N=C(N=C(N)c3ccccc3)c3ccccc3)CC2)ccc1-n1c(-c2cc(C)c(C)c(C)c2)nc2c(C([I-]c3ccc(-c4ccccc4)cc3)c3ccccc3)nc(-c3ccccc3)nc21. The molecule has 8 aromatic carbocycles. The van der Waals surface area contributed by atoms with Crippen LogP contribution in [0.1, 0.15) is 73.9 Å². The topological polar surface area (TPSA) is 94.3 Å². The van der Waals surface area contributed by atoms with Crippen LogP contribution in [0.2, 0.25) is 0 Å². The van der Waals surface area contributed by atoms with Gasteiger partial charge < -0.3 is 5.73 Å². The summed E-state index contributed by atoms with van der Waals surface area (Å²) < 4.78 is 3.61. The molecule has 7 nitrogen and oxygen atoms in total. The van der Waals surface area contributed by atoms with E-state index in [2.05, 4.69) is 191 Å². The summed E-state index contributed by atoms with van der Waals surface area (Å²) in [5, 5.41) is 0. The summed E-state index contributed by atoms with van der Waals surface area (Å²) in [5.41, 5.74) is 26.2. The van der Waals surface area contributed by atoms with Crippen LogP contribution in [-0.2, 0) is 0 Å². The molecule has 11 rings (SSSR count). The van der Waals surface area contributed by atoms with Gasteiger partial charge in [-0.2, -0.15) is 0 Å². The van der Waals surface area contributed by atoms with Gasteiger partial charge in [0.25, 0.3) is 0 Å². The molecule has 0 amide bonds. The van der Waals surface area contributed by atoms with Crippen molar-refractivity contribution in [3.05, 3.63) is 278 Å². The molecule has 1 aliphatic rings. The summed E-state index contributed by atoms with van der Waals surface area (Å²) in [5.74, 6) is 2.59. The molecule has 2 atom stereocenters. The zero-order valence-corrected chi connectivity index (χ0v) is 45.6. The average molecular weight is 1100 g/mol. The number of aromatic nitrogens is 4. The second kappa shape index (κ2) is 22.2. The molecule has 2 N–H and O–H groups in total. The van der Waals surface area contributed by atoms with Crippen molar-refractivity contribution < 1.29 is 21.2 Å². The molecular weight excluding hydrogens is 1040 g/mol. The summed E-state index contributed by atoms with van der Waals surface area (Å²) >= 11 is -0.686. The third-order valence-corrected chi connectivity index (χ3v) is 17.8. The zero-order chi connectivity index (χ0) is 52.1. The Labute approximate surface area is 456 Å². The van der Waals surface area contributed by atoms with Crippen molar-refractivity contribution >= 4 is 28.4 Å². The number of aliphatic imine (C=N–C) groups is 2. The van der Waals surface area contributed by atoms with Gasteiger partial charge in [0.05, 0.1) is 6.04 Å². The molecule has 0 aliphatic heterocycles. The van der Waals surface area contributed by atoms with Gasteiger partial charge in [-0.3, -0.25) is 4.99 Å². The fourth-order valence-electron chi connectivity index (χ4n) is 9.98. The van der Waals surface area contributed by atoms with E-state index in [4.69, 9.17) is 30.7 Å². The Kier molecular flexibility index (Phi) is 14.6. The molecule has 1 aliphatic carbocycles. The zero-order valence-electron chi connectivity index (χ0n) is 43.5. The van der Waals surface area contributed by atoms with Crippen molar-refractivity contribution in [1.29, 1.82) is 0 Å². The van der Waals surface area contributed by atoms with Crippen molar-refractivity contribution in [1.82, 2.24) is 19.5 Å². The van der Waals surface area contributed by atoms with E-state index < -0.39 is 21.2 Å². The fraction of sp³-hybridized carbons (Fsp3) is 0.132. The van der Waals surface area contributed by atoms with Gasteiger partial charge in [0, 0.05) is 11.1 Å². The van der Waals surface area contributed by atoms with E-state index in [1.54, 1.807) is 0 Å². The molecule has 76 heavy (non-hydrogen) atoms. The first-order valence-electron chi connectivity index (χ1n) is 26.0. The van der Waals surface area contributed by atoms with Crippen LogP contribution in [0.3, 0.4) is 0 Å². The number of amidine groups is 2. The molecular formula is C68H59IN7-. The van der Waals surface area contributed by atoms with E-state index >= 15 is 0 Å². The van der Waals surface area contributed by atoms with Crippen molar-refractivity contribution in [3.8, 4) is 39.6 Å². The van der Waals surface area contributed by atoms with E-state index in [9.17, 15) is 0 Å². The van der Waals surface area contributed by atoms with Crippen molar-refractivity contribution in [2.24, 2.45) is 15.7 Å². The van der Waals surface area contributed by atoms with Crippen LogP contribution in [0, 0.1) is 31.3 Å². The number of halogens is 1. The number of alkyl halides is 1. The van der Waals surface area contributed by atoms with Crippen LogP contribution in [0.15, 0.2) is 234 Å². The minimum absolute atomic E-state index is 0.0219. The number of allylic oxidation sites excluding steroid dienone is 3. The molecule has 0 bridgehead atoms. The van der Waals surface area contributed by atoms with Gasteiger partial charge in [0.15, 0.2) is 5.84 Å². The Balaban J connectivity index is 1.02. The van der Waals surface area contributed by atoms with E-state index in [1.807, 2.05) is 66.7 Å². The molecule has 2 unspecified atom stereocenters. The quantitative estimate of drug-likeness (QED) is 0.0539. The van der Waals surface area contributed by atoms with Gasteiger partial charge in [-0.25, -0.2) is 4.99 Å². The summed E-state index contributed by atoms with van der Waals surface area (Å²) in [7, 11) is 0. The van der Waals surface area contributed by atoms with Crippen molar-refractivity contribution in [3.63, 3.8) is 0 Å². The van der Waals surface area contributed by atoms with E-state index in [1.165, 1.54) is 53.7 Å². The van der Waals surface area contributed by atoms with E-state index in [0.29, 0.717) is 17.5 Å². The monoisotopic (exact) mass is 1100 g/mol. The molecule has 2 heterocycles. The Morgan fingerprint density at radius 2 is 1.12 bits per heavy atom. The van der Waals surface area contributed by atoms with Gasteiger partial charge >= 0.3 is 342 Å². The van der Waals surface area contributed by atoms with E-state index in [-0.39, 0.29) is 9.97 Å². The molecule has 0 fully saturated rings. The normalized spacial score (nSPS) is 13.9. The predicted molar refractivity (Wildman–Crippen MR) is 310 cm³/mol. The molecule has 0 radical (unpaired) electrons. The first-order valence-corrected chi connectivity index (χ1v) is 28.3. The number of rotatable bonds is 13. The molecule has 10 aromatic rings. The average Bonchev–Trinajstić information content (AvgIpc) is 3.86. The molecule has 0 spiro atoms. The summed E-state index contributed by atoms with van der Waals surface area (Å²) in [6, 6.07) is 72.3. The number of nitrogens with two attached hydrogens (primary N) is 1. The Morgan fingerprint density at radius 3 is 1.74 bits per heavy atom. The van der Waals surface area contributed by atoms with Gasteiger partial charge in [-0.05, 0) is 12.5 Å². The van der Waals surface area contributed by atoms with Gasteiger partial charge in [0.2, 0.25) is 0 Å². The van der Waals surface area contributed by atoms with Crippen LogP contribution < -0.4 is 26.9 Å². The Bertz CT molecular complexity index is 3800. The number of fused-ring (bicyclic) bond motifs is 1. The van der Waals surface area contributed by atoms with Crippen LogP contribution in [-0.4, -0.2) is 37.2 Å². The minimum atomic E-state index is -0.686. The fourth-order valence-corrected chi connectivity index (χ4v) is 13.0. The van der Waals surface area contributed by atoms with Crippen molar-refractivity contribution in [2.45, 2.75) is 57.4 Å². The molecule has 8 heteroatoms. The van der Waals surface area contributed by atoms with Crippen molar-refractivity contribution in [2.75, 3.05) is 0 Å². The molecule has 0 saturated carbocycles. The standard InChI is InChI=1S/C68H59IN7/c1-44-41-58(42-45(2)47(44)4)67-73-63-62(61(53-23-13-7-14-24-53)69-59-38-35-51(36-39-59)50-21-11-6-12-22-50)72-66(56-29-19-10-20-30-56)75-68(63)76(67)60-40-37-57(43-46(60)3)52-33-31-49(32-34-52)48(5)71-65(55-27-17-9-18-28-55)74-64(70)54-25-15-8-16-26-54/h6-31,33,35-43,48,61H,32,34H2,1-5H3,(H2,70,71,74)/q-1. The van der Waals surface area contributed by atoms with Crippen LogP contribution in [0.5, 0.6) is 0 Å². The maximum absolute atomic E-state index is 6.56. The summed E-state index contributed by atoms with van der Waals surface area (Å²) in [6.07, 6.45) is 6.29. The number of hydrogen-bond acceptors (Lipinski definition) is 4. The first kappa shape index (κ1) is 49.9. The number of imidazole rings is 1. The van der Waals surface area contributed by atoms with Crippen LogP contribution in [0.25, 0.3) is 56.3 Å². The molecule has 374 valence electrons. The first-order chi connectivity index (χ1) is 37.1. The second-order valence-electron chi connectivity index (χ2n) is 19.5. The van der Waals surface area contributed by atoms with Gasteiger partial charge in [-0.1, -0.05) is 60.7 Å². The number of hydrogen-bond donors (Lipinski definition) is 1. The summed E-state index contributed by atoms with van der Waals surface area (Å²) in [4.78, 5) is 26.9. The van der Waals surface area contributed by atoms with Gasteiger partial charge in [0.1, 0.15) is 5.84 Å². The number of nitrogens with zero attached hydrogens (tertiary/aromatic N) is 6. The van der Waals surface area contributed by atoms with Crippen LogP contribution >= 0.6 is 0 Å².